The molecule has 0 fully saturated rings. The Kier molecular flexibility index (Phi) is 6.20. The molecule has 1 atom stereocenters. The van der Waals surface area contributed by atoms with Crippen molar-refractivity contribution >= 4 is 11.8 Å². The fraction of sp³-hybridized carbons (Fsp3) is 0.357. The predicted octanol–water partition coefficient (Wildman–Crippen LogP) is -0.320. The summed E-state index contributed by atoms with van der Waals surface area (Å²) in [6.07, 6.45) is 1.81. The van der Waals surface area contributed by atoms with E-state index in [0.29, 0.717) is 12.0 Å². The van der Waals surface area contributed by atoms with Crippen LogP contribution in [-0.2, 0) is 4.79 Å². The summed E-state index contributed by atoms with van der Waals surface area (Å²) < 4.78 is 0. The van der Waals surface area contributed by atoms with Crippen LogP contribution in [0.4, 0.5) is 0 Å². The molecule has 0 spiro atoms. The van der Waals surface area contributed by atoms with Crippen molar-refractivity contribution in [1.29, 1.82) is 0 Å². The highest BCUT2D eigenvalue weighted by Gasteiger charge is 2.17. The van der Waals surface area contributed by atoms with Gasteiger partial charge in [-0.25, -0.2) is 4.98 Å². The van der Waals surface area contributed by atoms with Gasteiger partial charge in [0.2, 0.25) is 5.91 Å². The van der Waals surface area contributed by atoms with Gasteiger partial charge in [0.25, 0.3) is 5.91 Å². The zero-order valence-electron chi connectivity index (χ0n) is 11.4. The molecule has 1 rings (SSSR count). The minimum Gasteiger partial charge on any atom is -0.395 e. The Labute approximate surface area is 117 Å². The number of rotatable bonds is 4. The molecule has 2 amide bonds. The first-order valence-corrected chi connectivity index (χ1v) is 6.17. The summed E-state index contributed by atoms with van der Waals surface area (Å²) >= 11 is 0. The zero-order chi connectivity index (χ0) is 15.0. The molecule has 0 aliphatic rings. The second-order valence-electron chi connectivity index (χ2n) is 3.98. The van der Waals surface area contributed by atoms with Crippen molar-refractivity contribution in [2.24, 2.45) is 0 Å². The normalized spacial score (nSPS) is 10.9. The molecule has 0 aliphatic heterocycles. The van der Waals surface area contributed by atoms with Gasteiger partial charge in [-0.15, -0.1) is 0 Å². The third-order valence-electron chi connectivity index (χ3n) is 2.47. The lowest BCUT2D eigenvalue weighted by Gasteiger charge is -2.12. The molecule has 1 heterocycles. The molecule has 3 N–H and O–H groups in total. The fourth-order valence-electron chi connectivity index (χ4n) is 1.45. The van der Waals surface area contributed by atoms with Crippen LogP contribution in [0.3, 0.4) is 0 Å². The molecule has 6 nitrogen and oxygen atoms in total. The summed E-state index contributed by atoms with van der Waals surface area (Å²) in [6.45, 7) is 1.54. The van der Waals surface area contributed by atoms with E-state index in [1.807, 2.05) is 0 Å². The zero-order valence-corrected chi connectivity index (χ0v) is 11.4. The first kappa shape index (κ1) is 15.7. The summed E-state index contributed by atoms with van der Waals surface area (Å²) in [5, 5.41) is 13.7. The Hall–Kier alpha value is -2.39. The van der Waals surface area contributed by atoms with Crippen LogP contribution in [0, 0.1) is 11.8 Å². The summed E-state index contributed by atoms with van der Waals surface area (Å²) in [5.41, 5.74) is 0.622. The summed E-state index contributed by atoms with van der Waals surface area (Å²) in [7, 11) is 1.50. The maximum atomic E-state index is 12.1. The highest BCUT2D eigenvalue weighted by Crippen LogP contribution is 2.04. The molecule has 0 saturated heterocycles. The van der Waals surface area contributed by atoms with Crippen LogP contribution in [0.5, 0.6) is 0 Å². The molecule has 1 aromatic heterocycles. The number of aromatic nitrogens is 1. The fourth-order valence-corrected chi connectivity index (χ4v) is 1.45. The van der Waals surface area contributed by atoms with Gasteiger partial charge in [-0.05, 0) is 19.1 Å². The minimum atomic E-state index is -0.659. The van der Waals surface area contributed by atoms with E-state index in [1.165, 1.54) is 13.2 Å². The second-order valence-corrected chi connectivity index (χ2v) is 3.98. The number of amides is 2. The summed E-state index contributed by atoms with van der Waals surface area (Å²) in [4.78, 5) is 27.4. The SMILES string of the molecule is CNC(=O)C(C)NC(=O)c1ncccc1C#CCCO. The largest absolute Gasteiger partial charge is 0.395 e. The van der Waals surface area contributed by atoms with Gasteiger partial charge < -0.3 is 15.7 Å². The Morgan fingerprint density at radius 3 is 2.90 bits per heavy atom. The van der Waals surface area contributed by atoms with Crippen LogP contribution in [-0.4, -0.2) is 41.6 Å². The predicted molar refractivity (Wildman–Crippen MR) is 73.8 cm³/mol. The van der Waals surface area contributed by atoms with Crippen molar-refractivity contribution in [3.05, 3.63) is 29.6 Å². The number of aliphatic hydroxyl groups is 1. The molecule has 20 heavy (non-hydrogen) atoms. The van der Waals surface area contributed by atoms with Crippen LogP contribution < -0.4 is 10.6 Å². The molecule has 0 bridgehead atoms. The molecule has 0 aromatic carbocycles. The van der Waals surface area contributed by atoms with Crippen molar-refractivity contribution in [1.82, 2.24) is 15.6 Å². The third kappa shape index (κ3) is 4.37. The maximum absolute atomic E-state index is 12.1. The lowest BCUT2D eigenvalue weighted by atomic mass is 10.1. The topological polar surface area (TPSA) is 91.3 Å². The molecule has 1 aromatic rings. The average molecular weight is 275 g/mol. The number of carbonyl (C=O) groups is 2. The van der Waals surface area contributed by atoms with Crippen molar-refractivity contribution in [3.8, 4) is 11.8 Å². The van der Waals surface area contributed by atoms with E-state index in [2.05, 4.69) is 27.5 Å². The van der Waals surface area contributed by atoms with Gasteiger partial charge in [0.05, 0.1) is 12.2 Å². The monoisotopic (exact) mass is 275 g/mol. The van der Waals surface area contributed by atoms with Crippen molar-refractivity contribution in [3.63, 3.8) is 0 Å². The number of nitrogens with zero attached hydrogens (tertiary/aromatic N) is 1. The van der Waals surface area contributed by atoms with Crippen LogP contribution >= 0.6 is 0 Å². The lowest BCUT2D eigenvalue weighted by molar-refractivity contribution is -0.122. The van der Waals surface area contributed by atoms with Gasteiger partial charge in [0.1, 0.15) is 11.7 Å². The van der Waals surface area contributed by atoms with Crippen LogP contribution in [0.1, 0.15) is 29.4 Å². The van der Waals surface area contributed by atoms with Gasteiger partial charge in [-0.3, -0.25) is 9.59 Å². The minimum absolute atomic E-state index is 0.0392. The molecular formula is C14H17N3O3. The number of aliphatic hydroxyl groups excluding tert-OH is 1. The quantitative estimate of drug-likeness (QED) is 0.657. The van der Waals surface area contributed by atoms with Gasteiger partial charge in [-0.2, -0.15) is 0 Å². The molecule has 0 aliphatic carbocycles. The van der Waals surface area contributed by atoms with Gasteiger partial charge in [0.15, 0.2) is 0 Å². The Bertz CT molecular complexity index is 546. The van der Waals surface area contributed by atoms with Gasteiger partial charge in [-0.1, -0.05) is 11.8 Å². The average Bonchev–Trinajstić information content (AvgIpc) is 2.47. The standard InChI is InChI=1S/C14H17N3O3/c1-10(13(19)15-2)17-14(20)12-11(6-3-4-9-18)7-5-8-16-12/h5,7-8,10,18H,4,9H2,1-2H3,(H,15,19)(H,17,20). The van der Waals surface area contributed by atoms with Gasteiger partial charge in [0, 0.05) is 19.7 Å². The van der Waals surface area contributed by atoms with Crippen LogP contribution in [0.25, 0.3) is 0 Å². The molecule has 1 unspecified atom stereocenters. The van der Waals surface area contributed by atoms with E-state index in [1.54, 1.807) is 19.1 Å². The van der Waals surface area contributed by atoms with Crippen LogP contribution in [0.2, 0.25) is 0 Å². The lowest BCUT2D eigenvalue weighted by Crippen LogP contribution is -2.44. The summed E-state index contributed by atoms with van der Waals surface area (Å²) in [5.74, 6) is 4.76. The summed E-state index contributed by atoms with van der Waals surface area (Å²) in [6, 6.07) is 2.67. The highest BCUT2D eigenvalue weighted by atomic mass is 16.2. The molecular weight excluding hydrogens is 258 g/mol. The van der Waals surface area contributed by atoms with E-state index in [0.717, 1.165) is 0 Å². The first-order valence-electron chi connectivity index (χ1n) is 6.17. The molecule has 0 radical (unpaired) electrons. The Morgan fingerprint density at radius 2 is 2.25 bits per heavy atom. The van der Waals surface area contributed by atoms with Crippen molar-refractivity contribution in [2.45, 2.75) is 19.4 Å². The number of nitrogens with one attached hydrogen (secondary N) is 2. The smallest absolute Gasteiger partial charge is 0.271 e. The highest BCUT2D eigenvalue weighted by molar-refractivity contribution is 5.97. The number of likely N-dealkylation sites (N-methyl/N-ethyl adjacent to an activating group) is 1. The molecule has 106 valence electrons. The van der Waals surface area contributed by atoms with Crippen LogP contribution in [0.15, 0.2) is 18.3 Å². The van der Waals surface area contributed by atoms with Crippen molar-refractivity contribution < 1.29 is 14.7 Å². The van der Waals surface area contributed by atoms with Crippen molar-refractivity contribution in [2.75, 3.05) is 13.7 Å². The first-order chi connectivity index (χ1) is 9.60. The number of hydrogen-bond donors (Lipinski definition) is 3. The Balaban J connectivity index is 2.88. The Morgan fingerprint density at radius 1 is 1.50 bits per heavy atom. The number of pyridine rings is 1. The van der Waals surface area contributed by atoms with E-state index in [-0.39, 0.29) is 18.2 Å². The molecule has 0 saturated carbocycles. The second kappa shape index (κ2) is 7.92. The van der Waals surface area contributed by atoms with E-state index < -0.39 is 11.9 Å². The molecule has 6 heteroatoms. The number of hydrogen-bond acceptors (Lipinski definition) is 4. The van der Waals surface area contributed by atoms with E-state index in [4.69, 9.17) is 5.11 Å². The third-order valence-corrected chi connectivity index (χ3v) is 2.47. The van der Waals surface area contributed by atoms with Gasteiger partial charge >= 0.3 is 0 Å². The maximum Gasteiger partial charge on any atom is 0.271 e. The van der Waals surface area contributed by atoms with E-state index in [9.17, 15) is 9.59 Å². The van der Waals surface area contributed by atoms with E-state index >= 15 is 0 Å². The number of carbonyl (C=O) groups excluding carboxylic acids is 2.